The molecule has 1 saturated carbocycles. The van der Waals surface area contributed by atoms with E-state index in [1.54, 1.807) is 5.56 Å². The van der Waals surface area contributed by atoms with Gasteiger partial charge < -0.3 is 0 Å². The number of hydrogen-bond acceptors (Lipinski definition) is 0. The first-order valence-corrected chi connectivity index (χ1v) is 27.2. The Labute approximate surface area is 337 Å². The molecule has 0 N–H and O–H groups in total. The van der Waals surface area contributed by atoms with Gasteiger partial charge in [0.25, 0.3) is 0 Å². The summed E-state index contributed by atoms with van der Waals surface area (Å²) in [7, 11) is 11.0. The van der Waals surface area contributed by atoms with E-state index in [1.165, 1.54) is 98.2 Å². The molecule has 0 saturated heterocycles. The van der Waals surface area contributed by atoms with Crippen LogP contribution in [0.3, 0.4) is 0 Å². The normalized spacial score (nSPS) is 13.3. The minimum atomic E-state index is -0.826. The quantitative estimate of drug-likeness (QED) is 0.123. The number of fused-ring (bicyclic) bond motifs is 2. The zero-order chi connectivity index (χ0) is 38.1. The molecule has 0 atom stereocenters. The summed E-state index contributed by atoms with van der Waals surface area (Å²) in [6, 6.07) is 39.0. The van der Waals surface area contributed by atoms with Gasteiger partial charge in [0.2, 0.25) is 0 Å². The van der Waals surface area contributed by atoms with Gasteiger partial charge in [-0.1, -0.05) is 158 Å². The molecule has 0 aromatic heterocycles. The predicted molar refractivity (Wildman–Crippen MR) is 232 cm³/mol. The molecule has 1 aliphatic carbocycles. The van der Waals surface area contributed by atoms with Crippen molar-refractivity contribution in [3.63, 3.8) is 0 Å². The second-order valence-electron chi connectivity index (χ2n) is 16.5. The van der Waals surface area contributed by atoms with Crippen molar-refractivity contribution >= 4 is 48.1 Å². The van der Waals surface area contributed by atoms with Crippen LogP contribution in [0.15, 0.2) is 103 Å². The fraction of sp³-hybridized carbons (Fsp3) is 0.375. The number of rotatable bonds is 3. The van der Waals surface area contributed by atoms with Crippen molar-refractivity contribution in [2.45, 2.75) is 117 Å². The molecule has 0 unspecified atom stereocenters. The third-order valence-corrected chi connectivity index (χ3v) is 10.1. The molecule has 0 spiro atoms. The van der Waals surface area contributed by atoms with Crippen molar-refractivity contribution in [2.75, 3.05) is 0 Å². The van der Waals surface area contributed by atoms with E-state index in [-0.39, 0.29) is 10.8 Å². The van der Waals surface area contributed by atoms with Crippen LogP contribution in [0.1, 0.15) is 107 Å². The van der Waals surface area contributed by atoms with E-state index in [4.69, 9.17) is 17.0 Å². The zero-order valence-corrected chi connectivity index (χ0v) is 38.2. The Balaban J connectivity index is 0.000000205. The summed E-state index contributed by atoms with van der Waals surface area (Å²) in [6.45, 7) is 22.2. The van der Waals surface area contributed by atoms with Crippen LogP contribution in [-0.2, 0) is 31.7 Å². The summed E-state index contributed by atoms with van der Waals surface area (Å²) in [5, 5.41) is 5.54. The van der Waals surface area contributed by atoms with Crippen LogP contribution in [0.2, 0.25) is 13.1 Å². The topological polar surface area (TPSA) is 0 Å². The van der Waals surface area contributed by atoms with Gasteiger partial charge in [-0.2, -0.15) is 12.1 Å². The molecule has 0 bridgehead atoms. The Hall–Kier alpha value is -2.22. The maximum absolute atomic E-state index is 4.93. The van der Waals surface area contributed by atoms with E-state index in [9.17, 15) is 0 Å². The summed E-state index contributed by atoms with van der Waals surface area (Å²) < 4.78 is 0. The van der Waals surface area contributed by atoms with Crippen LogP contribution in [0.4, 0.5) is 0 Å². The maximum atomic E-state index is 4.93. The van der Waals surface area contributed by atoms with Gasteiger partial charge in [0.1, 0.15) is 0 Å². The van der Waals surface area contributed by atoms with E-state index in [1.807, 2.05) is 0 Å². The number of benzene rings is 4. The molecule has 1 fully saturated rings. The average Bonchev–Trinajstić information content (AvgIpc) is 3.72. The van der Waals surface area contributed by atoms with Gasteiger partial charge in [-0.3, -0.25) is 0 Å². The number of aryl methyl sites for hydroxylation is 2. The molecule has 1 aliphatic rings. The molecule has 52 heavy (non-hydrogen) atoms. The van der Waals surface area contributed by atoms with Gasteiger partial charge in [0, 0.05) is 9.52 Å². The second kappa shape index (κ2) is 19.4. The molecule has 0 aliphatic heterocycles. The molecule has 7 rings (SSSR count). The molecule has 6 aromatic rings. The van der Waals surface area contributed by atoms with Crippen LogP contribution in [0, 0.1) is 13.8 Å². The molecular formula is C48H58Cl2SiZr. The van der Waals surface area contributed by atoms with E-state index < -0.39 is 20.8 Å². The molecule has 0 amide bonds. The first-order chi connectivity index (χ1) is 24.7. The Morgan fingerprint density at radius 3 is 1.63 bits per heavy atom. The fourth-order valence-electron chi connectivity index (χ4n) is 7.34. The molecule has 6 aromatic carbocycles. The first kappa shape index (κ1) is 42.5. The predicted octanol–water partition coefficient (Wildman–Crippen LogP) is 15.9. The zero-order valence-electron chi connectivity index (χ0n) is 33.2. The fourth-order valence-corrected chi connectivity index (χ4v) is 7.34. The van der Waals surface area contributed by atoms with Crippen LogP contribution in [0.5, 0.6) is 0 Å². The molecule has 2 radical (unpaired) electrons. The number of hydrogen-bond donors (Lipinski definition) is 0. The van der Waals surface area contributed by atoms with Crippen LogP contribution < -0.4 is 0 Å². The Morgan fingerprint density at radius 2 is 1.12 bits per heavy atom. The van der Waals surface area contributed by atoms with Gasteiger partial charge in [-0.05, 0) is 58.8 Å². The van der Waals surface area contributed by atoms with Gasteiger partial charge in [-0.25, -0.2) is 0 Å². The summed E-state index contributed by atoms with van der Waals surface area (Å²) in [5.74, 6) is 0.775. The van der Waals surface area contributed by atoms with Gasteiger partial charge in [0.15, 0.2) is 0 Å². The Bertz CT molecular complexity index is 1970. The molecule has 272 valence electrons. The summed E-state index contributed by atoms with van der Waals surface area (Å²) in [4.78, 5) is 0. The van der Waals surface area contributed by atoms with Crippen molar-refractivity contribution in [1.29, 1.82) is 0 Å². The third kappa shape index (κ3) is 11.4. The van der Waals surface area contributed by atoms with Crippen LogP contribution in [0.25, 0.3) is 43.8 Å². The Kier molecular flexibility index (Phi) is 15.9. The van der Waals surface area contributed by atoms with Gasteiger partial charge in [0.05, 0.1) is 0 Å². The molecule has 4 heteroatoms. The third-order valence-electron chi connectivity index (χ3n) is 10.1. The number of halogens is 2. The molecule has 0 heterocycles. The standard InChI is InChI=1S/C25H29.C21H23.C2H6Si.2ClH.Zr/c1-25(2,3)22-14-12-19(13-15-22)23-11-7-10-20-16-21(17-24(20)23)18-8-5-4-6-9-18;1-14-10-17-11-15(2)13-20(17)19(12-14)16-6-8-18(9-7-16)21(3,4)5;1-3-2;;;/h7,10-18H,4-6,8-9H2,1-3H3;6-13H,1-5H3;1-2H3;2*1H;/q2*-1;;;;+4/p-2. The molecular weight excluding hydrogens is 767 g/mol. The minimum absolute atomic E-state index is 0.206. The summed E-state index contributed by atoms with van der Waals surface area (Å²) >= 11 is -0.826. The van der Waals surface area contributed by atoms with Gasteiger partial charge in [-0.15, -0.1) is 63.0 Å². The van der Waals surface area contributed by atoms with E-state index in [0.717, 1.165) is 15.4 Å². The second-order valence-corrected chi connectivity index (χ2v) is 21.2. The van der Waals surface area contributed by atoms with Crippen molar-refractivity contribution in [3.05, 3.63) is 131 Å². The van der Waals surface area contributed by atoms with Crippen LogP contribution >= 0.6 is 17.0 Å². The van der Waals surface area contributed by atoms with E-state index >= 15 is 0 Å². The summed E-state index contributed by atoms with van der Waals surface area (Å²) in [5.41, 5.74) is 12.8. The van der Waals surface area contributed by atoms with Crippen LogP contribution in [-0.4, -0.2) is 9.52 Å². The average molecular weight is 825 g/mol. The van der Waals surface area contributed by atoms with E-state index in [0.29, 0.717) is 0 Å². The van der Waals surface area contributed by atoms with Crippen molar-refractivity contribution < 1.29 is 20.8 Å². The van der Waals surface area contributed by atoms with Crippen molar-refractivity contribution in [2.24, 2.45) is 0 Å². The summed E-state index contributed by atoms with van der Waals surface area (Å²) in [6.07, 6.45) is 6.95. The van der Waals surface area contributed by atoms with Crippen molar-refractivity contribution in [1.82, 2.24) is 0 Å². The SMILES string of the molecule is CC(C)(C)c1ccc(-c2cccc3[cH-]c(C4CCCCC4)cc23)cc1.C[Si]C.Cc1cc(-c2ccc(C(C)(C)C)cc2)c2cc(C)[cH-]c2c1.[Cl][Zr+2][Cl]. The first-order valence-electron chi connectivity index (χ1n) is 18.8. The molecule has 0 nitrogen and oxygen atoms in total. The van der Waals surface area contributed by atoms with E-state index in [2.05, 4.69) is 172 Å². The Morgan fingerprint density at radius 1 is 0.615 bits per heavy atom. The monoisotopic (exact) mass is 822 g/mol. The van der Waals surface area contributed by atoms with Gasteiger partial charge >= 0.3 is 37.9 Å². The van der Waals surface area contributed by atoms with Crippen molar-refractivity contribution in [3.8, 4) is 22.3 Å².